The molecule has 3 atom stereocenters. The van der Waals surface area contributed by atoms with E-state index in [0.29, 0.717) is 24.9 Å². The van der Waals surface area contributed by atoms with Crippen LogP contribution in [0.5, 0.6) is 0 Å². The van der Waals surface area contributed by atoms with Crippen molar-refractivity contribution in [1.29, 1.82) is 0 Å². The molecule has 1 aliphatic rings. The van der Waals surface area contributed by atoms with Gasteiger partial charge in [-0.2, -0.15) is 0 Å². The van der Waals surface area contributed by atoms with Crippen molar-refractivity contribution in [3.05, 3.63) is 0 Å². The standard InChI is InChI=1S/C12H23NO3/c1-9-10(2)13(6-5-12(9)14)7-11(16-4)8-15-3/h9-11H,5-8H2,1-4H3. The number of methoxy groups -OCH3 is 2. The molecule has 0 aliphatic carbocycles. The van der Waals surface area contributed by atoms with E-state index in [-0.39, 0.29) is 12.0 Å². The molecule has 0 aromatic heterocycles. The zero-order valence-corrected chi connectivity index (χ0v) is 10.7. The second kappa shape index (κ2) is 6.33. The lowest BCUT2D eigenvalue weighted by Gasteiger charge is -2.38. The van der Waals surface area contributed by atoms with Crippen molar-refractivity contribution >= 4 is 5.78 Å². The van der Waals surface area contributed by atoms with Crippen molar-refractivity contribution in [2.45, 2.75) is 32.4 Å². The van der Waals surface area contributed by atoms with Crippen molar-refractivity contribution in [3.63, 3.8) is 0 Å². The molecule has 3 unspecified atom stereocenters. The number of rotatable bonds is 5. The molecule has 1 heterocycles. The highest BCUT2D eigenvalue weighted by Crippen LogP contribution is 2.20. The summed E-state index contributed by atoms with van der Waals surface area (Å²) in [5, 5.41) is 0. The monoisotopic (exact) mass is 229 g/mol. The zero-order chi connectivity index (χ0) is 12.1. The molecule has 0 saturated carbocycles. The van der Waals surface area contributed by atoms with Crippen LogP contribution in [-0.2, 0) is 14.3 Å². The van der Waals surface area contributed by atoms with Crippen LogP contribution < -0.4 is 0 Å². The van der Waals surface area contributed by atoms with E-state index in [9.17, 15) is 4.79 Å². The van der Waals surface area contributed by atoms with Crippen LogP contribution in [0, 0.1) is 5.92 Å². The van der Waals surface area contributed by atoms with Crippen molar-refractivity contribution in [1.82, 2.24) is 4.90 Å². The van der Waals surface area contributed by atoms with Crippen molar-refractivity contribution < 1.29 is 14.3 Å². The highest BCUT2D eigenvalue weighted by molar-refractivity contribution is 5.82. The Balaban J connectivity index is 2.50. The molecule has 94 valence electrons. The number of ketones is 1. The van der Waals surface area contributed by atoms with Gasteiger partial charge in [-0.25, -0.2) is 0 Å². The van der Waals surface area contributed by atoms with Crippen molar-refractivity contribution in [3.8, 4) is 0 Å². The summed E-state index contributed by atoms with van der Waals surface area (Å²) in [6.45, 7) is 6.40. The molecule has 1 fully saturated rings. The molecule has 4 nitrogen and oxygen atoms in total. The van der Waals surface area contributed by atoms with Gasteiger partial charge in [0, 0.05) is 45.7 Å². The van der Waals surface area contributed by atoms with Crippen LogP contribution in [0.1, 0.15) is 20.3 Å². The van der Waals surface area contributed by atoms with E-state index in [4.69, 9.17) is 9.47 Å². The number of piperidine rings is 1. The number of nitrogens with zero attached hydrogens (tertiary/aromatic N) is 1. The van der Waals surface area contributed by atoms with E-state index < -0.39 is 0 Å². The van der Waals surface area contributed by atoms with E-state index in [2.05, 4.69) is 11.8 Å². The minimum Gasteiger partial charge on any atom is -0.382 e. The number of hydrogen-bond acceptors (Lipinski definition) is 4. The van der Waals surface area contributed by atoms with Crippen LogP contribution in [0.3, 0.4) is 0 Å². The number of hydrogen-bond donors (Lipinski definition) is 0. The quantitative estimate of drug-likeness (QED) is 0.703. The fourth-order valence-electron chi connectivity index (χ4n) is 2.17. The first-order chi connectivity index (χ1) is 7.60. The Morgan fingerprint density at radius 3 is 2.69 bits per heavy atom. The topological polar surface area (TPSA) is 38.8 Å². The molecule has 0 radical (unpaired) electrons. The second-order valence-electron chi connectivity index (χ2n) is 4.55. The van der Waals surface area contributed by atoms with Gasteiger partial charge in [-0.05, 0) is 6.92 Å². The molecule has 0 bridgehead atoms. The fourth-order valence-corrected chi connectivity index (χ4v) is 2.17. The summed E-state index contributed by atoms with van der Waals surface area (Å²) in [6.07, 6.45) is 0.752. The third kappa shape index (κ3) is 3.27. The van der Waals surface area contributed by atoms with Gasteiger partial charge < -0.3 is 9.47 Å². The smallest absolute Gasteiger partial charge is 0.138 e. The molecule has 0 N–H and O–H groups in total. The Hall–Kier alpha value is -0.450. The summed E-state index contributed by atoms with van der Waals surface area (Å²) in [7, 11) is 3.38. The molecule has 0 spiro atoms. The van der Waals surface area contributed by atoms with Gasteiger partial charge in [0.15, 0.2) is 0 Å². The number of Topliss-reactive ketones (excluding diaryl/α,β-unsaturated/α-hetero) is 1. The lowest BCUT2D eigenvalue weighted by Crippen LogP contribution is -2.50. The van der Waals surface area contributed by atoms with Crippen molar-refractivity contribution in [2.75, 3.05) is 33.9 Å². The maximum absolute atomic E-state index is 11.5. The molecule has 4 heteroatoms. The molecule has 0 aromatic rings. The van der Waals surface area contributed by atoms with Crippen LogP contribution in [-0.4, -0.2) is 56.7 Å². The highest BCUT2D eigenvalue weighted by Gasteiger charge is 2.31. The summed E-state index contributed by atoms with van der Waals surface area (Å²) < 4.78 is 10.5. The van der Waals surface area contributed by atoms with Crippen LogP contribution in [0.15, 0.2) is 0 Å². The molecule has 16 heavy (non-hydrogen) atoms. The summed E-state index contributed by atoms with van der Waals surface area (Å²) in [5.41, 5.74) is 0. The van der Waals surface area contributed by atoms with Crippen LogP contribution >= 0.6 is 0 Å². The number of carbonyl (C=O) groups excluding carboxylic acids is 1. The summed E-state index contributed by atoms with van der Waals surface area (Å²) >= 11 is 0. The Morgan fingerprint density at radius 1 is 1.44 bits per heavy atom. The minimum atomic E-state index is 0.0906. The molecule has 0 amide bonds. The normalized spacial score (nSPS) is 29.4. The first-order valence-electron chi connectivity index (χ1n) is 5.88. The maximum atomic E-state index is 11.5. The predicted octanol–water partition coefficient (Wildman–Crippen LogP) is 0.947. The number of likely N-dealkylation sites (tertiary alicyclic amines) is 1. The zero-order valence-electron chi connectivity index (χ0n) is 10.7. The first-order valence-corrected chi connectivity index (χ1v) is 5.88. The third-order valence-electron chi connectivity index (χ3n) is 3.58. The third-order valence-corrected chi connectivity index (χ3v) is 3.58. The number of ether oxygens (including phenoxy) is 2. The maximum Gasteiger partial charge on any atom is 0.138 e. The second-order valence-corrected chi connectivity index (χ2v) is 4.55. The average Bonchev–Trinajstić information content (AvgIpc) is 2.29. The van der Waals surface area contributed by atoms with E-state index in [1.165, 1.54) is 0 Å². The molecular weight excluding hydrogens is 206 g/mol. The van der Waals surface area contributed by atoms with Gasteiger partial charge in [0.25, 0.3) is 0 Å². The Kier molecular flexibility index (Phi) is 5.38. The summed E-state index contributed by atoms with van der Waals surface area (Å²) in [4.78, 5) is 13.9. The van der Waals surface area contributed by atoms with E-state index in [1.54, 1.807) is 14.2 Å². The molecule has 1 rings (SSSR count). The fraction of sp³-hybridized carbons (Fsp3) is 0.917. The minimum absolute atomic E-state index is 0.0906. The molecule has 1 saturated heterocycles. The van der Waals surface area contributed by atoms with Gasteiger partial charge in [-0.1, -0.05) is 6.92 Å². The largest absolute Gasteiger partial charge is 0.382 e. The average molecular weight is 229 g/mol. The van der Waals surface area contributed by atoms with Crippen LogP contribution in [0.25, 0.3) is 0 Å². The number of carbonyl (C=O) groups is 1. The van der Waals surface area contributed by atoms with Gasteiger partial charge >= 0.3 is 0 Å². The first kappa shape index (κ1) is 13.6. The molecular formula is C12H23NO3. The van der Waals surface area contributed by atoms with E-state index >= 15 is 0 Å². The Bertz CT molecular complexity index is 232. The van der Waals surface area contributed by atoms with Gasteiger partial charge in [-0.15, -0.1) is 0 Å². The lowest BCUT2D eigenvalue weighted by molar-refractivity contribution is -0.128. The van der Waals surface area contributed by atoms with Crippen LogP contribution in [0.2, 0.25) is 0 Å². The lowest BCUT2D eigenvalue weighted by atomic mass is 9.90. The van der Waals surface area contributed by atoms with Crippen LogP contribution in [0.4, 0.5) is 0 Å². The Morgan fingerprint density at radius 2 is 2.12 bits per heavy atom. The molecule has 0 aromatic carbocycles. The predicted molar refractivity (Wildman–Crippen MR) is 62.5 cm³/mol. The van der Waals surface area contributed by atoms with Crippen molar-refractivity contribution in [2.24, 2.45) is 5.92 Å². The van der Waals surface area contributed by atoms with E-state index in [0.717, 1.165) is 13.1 Å². The summed E-state index contributed by atoms with van der Waals surface area (Å²) in [5.74, 6) is 0.512. The SMILES string of the molecule is COCC(CN1CCC(=O)C(C)C1C)OC. The molecule has 1 aliphatic heterocycles. The highest BCUT2D eigenvalue weighted by atomic mass is 16.5. The van der Waals surface area contributed by atoms with E-state index in [1.807, 2.05) is 6.92 Å². The summed E-state index contributed by atoms with van der Waals surface area (Å²) in [6, 6.07) is 0.302. The van der Waals surface area contributed by atoms with Gasteiger partial charge in [0.2, 0.25) is 0 Å². The van der Waals surface area contributed by atoms with Gasteiger partial charge in [0.1, 0.15) is 5.78 Å². The van der Waals surface area contributed by atoms with Gasteiger partial charge in [-0.3, -0.25) is 9.69 Å². The Labute approximate surface area is 97.9 Å². The van der Waals surface area contributed by atoms with Gasteiger partial charge in [0.05, 0.1) is 12.7 Å².